The second-order valence-electron chi connectivity index (χ2n) is 3.83. The van der Waals surface area contributed by atoms with E-state index in [1.165, 1.54) is 4.90 Å². The molecular weight excluding hydrogens is 218 g/mol. The largest absolute Gasteiger partial charge is 0.325 e. The Morgan fingerprint density at radius 2 is 1.65 bits per heavy atom. The normalized spacial score (nSPS) is 10.5. The third kappa shape index (κ3) is 3.45. The van der Waals surface area contributed by atoms with Crippen LogP contribution in [0.5, 0.6) is 0 Å². The zero-order chi connectivity index (χ0) is 13.5. The zero-order valence-electron chi connectivity index (χ0n) is 11.0. The molecule has 0 aliphatic heterocycles. The average molecular weight is 239 g/mol. The minimum absolute atomic E-state index is 0.400. The van der Waals surface area contributed by atoms with Crippen molar-refractivity contribution in [2.75, 3.05) is 13.1 Å². The van der Waals surface area contributed by atoms with Gasteiger partial charge in [0.2, 0.25) is 5.91 Å². The lowest BCUT2D eigenvalue weighted by Crippen LogP contribution is -2.48. The van der Waals surface area contributed by atoms with Crippen molar-refractivity contribution >= 4 is 11.9 Å². The summed E-state index contributed by atoms with van der Waals surface area (Å²) in [7, 11) is 0. The van der Waals surface area contributed by atoms with Crippen molar-refractivity contribution < 1.29 is 9.59 Å². The second kappa shape index (κ2) is 6.89. The molecule has 17 heavy (non-hydrogen) atoms. The Bertz CT molecular complexity index is 312. The second-order valence-corrected chi connectivity index (χ2v) is 3.83. The molecule has 0 radical (unpaired) electrons. The first-order valence-corrected chi connectivity index (χ1v) is 6.02. The Labute approximate surface area is 103 Å². The van der Waals surface area contributed by atoms with Crippen LogP contribution in [0.3, 0.4) is 0 Å². The molecule has 1 N–H and O–H groups in total. The van der Waals surface area contributed by atoms with Crippen molar-refractivity contribution in [3.8, 4) is 6.07 Å². The van der Waals surface area contributed by atoms with Crippen molar-refractivity contribution in [1.82, 2.24) is 10.2 Å². The predicted molar refractivity (Wildman–Crippen MR) is 65.1 cm³/mol. The molecule has 0 fully saturated rings. The van der Waals surface area contributed by atoms with E-state index in [0.29, 0.717) is 25.9 Å². The highest BCUT2D eigenvalue weighted by Gasteiger charge is 2.36. The quantitative estimate of drug-likeness (QED) is 0.796. The molecule has 0 aromatic heterocycles. The Balaban J connectivity index is 4.75. The van der Waals surface area contributed by atoms with Crippen LogP contribution < -0.4 is 5.32 Å². The van der Waals surface area contributed by atoms with Gasteiger partial charge in [-0.15, -0.1) is 0 Å². The van der Waals surface area contributed by atoms with E-state index in [4.69, 9.17) is 5.26 Å². The molecule has 0 aromatic carbocycles. The third-order valence-corrected chi connectivity index (χ3v) is 3.13. The first-order chi connectivity index (χ1) is 8.01. The molecule has 0 aliphatic rings. The van der Waals surface area contributed by atoms with Crippen molar-refractivity contribution in [3.05, 3.63) is 0 Å². The smallest absolute Gasteiger partial charge is 0.324 e. The van der Waals surface area contributed by atoms with Crippen LogP contribution in [0.4, 0.5) is 4.79 Å². The topological polar surface area (TPSA) is 73.2 Å². The zero-order valence-corrected chi connectivity index (χ0v) is 11.0. The number of hydrogen-bond acceptors (Lipinski definition) is 3. The van der Waals surface area contributed by atoms with Gasteiger partial charge in [-0.25, -0.2) is 4.79 Å². The molecule has 0 saturated carbocycles. The minimum atomic E-state index is -1.09. The lowest BCUT2D eigenvalue weighted by atomic mass is 9.83. The van der Waals surface area contributed by atoms with Crippen LogP contribution in [0.25, 0.3) is 0 Å². The monoisotopic (exact) mass is 239 g/mol. The predicted octanol–water partition coefficient (Wildman–Crippen LogP) is 1.89. The van der Waals surface area contributed by atoms with Gasteiger partial charge in [-0.1, -0.05) is 13.8 Å². The van der Waals surface area contributed by atoms with Crippen LogP contribution in [0.1, 0.15) is 40.5 Å². The van der Waals surface area contributed by atoms with E-state index < -0.39 is 17.4 Å². The molecule has 0 heterocycles. The molecular formula is C12H21N3O2. The van der Waals surface area contributed by atoms with Crippen molar-refractivity contribution in [1.29, 1.82) is 5.26 Å². The van der Waals surface area contributed by atoms with Gasteiger partial charge in [0.05, 0.1) is 6.07 Å². The van der Waals surface area contributed by atoms with Gasteiger partial charge in [0.1, 0.15) is 5.41 Å². The number of carbonyl (C=O) groups is 2. The molecule has 5 heteroatoms. The molecule has 0 spiro atoms. The van der Waals surface area contributed by atoms with E-state index in [1.807, 2.05) is 19.9 Å². The van der Waals surface area contributed by atoms with E-state index in [1.54, 1.807) is 13.8 Å². The maximum Gasteiger partial charge on any atom is 0.324 e. The first-order valence-electron chi connectivity index (χ1n) is 6.02. The number of nitrogens with zero attached hydrogens (tertiary/aromatic N) is 2. The van der Waals surface area contributed by atoms with Crippen LogP contribution in [-0.4, -0.2) is 29.9 Å². The summed E-state index contributed by atoms with van der Waals surface area (Å²) in [4.78, 5) is 25.1. The number of imide groups is 1. The van der Waals surface area contributed by atoms with E-state index in [0.717, 1.165) is 0 Å². The van der Waals surface area contributed by atoms with Crippen molar-refractivity contribution in [2.45, 2.75) is 40.5 Å². The molecule has 0 saturated heterocycles. The van der Waals surface area contributed by atoms with Gasteiger partial charge < -0.3 is 4.90 Å². The van der Waals surface area contributed by atoms with Gasteiger partial charge in [-0.3, -0.25) is 10.1 Å². The number of amides is 3. The fourth-order valence-corrected chi connectivity index (χ4v) is 1.59. The maximum atomic E-state index is 11.9. The van der Waals surface area contributed by atoms with Crippen LogP contribution >= 0.6 is 0 Å². The van der Waals surface area contributed by atoms with Gasteiger partial charge >= 0.3 is 6.03 Å². The highest BCUT2D eigenvalue weighted by atomic mass is 16.2. The summed E-state index contributed by atoms with van der Waals surface area (Å²) >= 11 is 0. The first kappa shape index (κ1) is 15.4. The van der Waals surface area contributed by atoms with E-state index in [-0.39, 0.29) is 0 Å². The summed E-state index contributed by atoms with van der Waals surface area (Å²) in [6.07, 6.45) is 0.800. The fraction of sp³-hybridized carbons (Fsp3) is 0.750. The van der Waals surface area contributed by atoms with Crippen molar-refractivity contribution in [3.63, 3.8) is 0 Å². The maximum absolute atomic E-state index is 11.9. The molecule has 0 aliphatic carbocycles. The summed E-state index contributed by atoms with van der Waals surface area (Å²) in [5.41, 5.74) is -1.09. The van der Waals surface area contributed by atoms with Crippen LogP contribution in [-0.2, 0) is 4.79 Å². The average Bonchev–Trinajstić information content (AvgIpc) is 2.33. The number of nitrogens with one attached hydrogen (secondary N) is 1. The number of rotatable bonds is 5. The SMILES string of the molecule is CCN(CC)C(=O)NC(=O)C(C#N)(CC)CC. The van der Waals surface area contributed by atoms with Crippen molar-refractivity contribution in [2.24, 2.45) is 5.41 Å². The van der Waals surface area contributed by atoms with E-state index in [9.17, 15) is 9.59 Å². The number of nitriles is 1. The van der Waals surface area contributed by atoms with Gasteiger partial charge in [0.25, 0.3) is 0 Å². The molecule has 0 aromatic rings. The summed E-state index contributed by atoms with van der Waals surface area (Å²) in [6, 6.07) is 1.58. The minimum Gasteiger partial charge on any atom is -0.325 e. The Kier molecular flexibility index (Phi) is 6.26. The number of hydrogen-bond donors (Lipinski definition) is 1. The summed E-state index contributed by atoms with van der Waals surface area (Å²) < 4.78 is 0. The molecule has 0 unspecified atom stereocenters. The van der Waals surface area contributed by atoms with Gasteiger partial charge in [-0.2, -0.15) is 5.26 Å². The lowest BCUT2D eigenvalue weighted by Gasteiger charge is -2.24. The fourth-order valence-electron chi connectivity index (χ4n) is 1.59. The van der Waals surface area contributed by atoms with Crippen LogP contribution in [0.2, 0.25) is 0 Å². The lowest BCUT2D eigenvalue weighted by molar-refractivity contribution is -0.127. The highest BCUT2D eigenvalue weighted by molar-refractivity contribution is 5.98. The highest BCUT2D eigenvalue weighted by Crippen LogP contribution is 2.25. The summed E-state index contributed by atoms with van der Waals surface area (Å²) in [6.45, 7) is 8.29. The standard InChI is InChI=1S/C12H21N3O2/c1-5-12(6-2,9-13)10(16)14-11(17)15(7-3)8-4/h5-8H2,1-4H3,(H,14,16,17). The summed E-state index contributed by atoms with van der Waals surface area (Å²) in [5.74, 6) is -0.498. The molecule has 0 bridgehead atoms. The van der Waals surface area contributed by atoms with Crippen LogP contribution in [0, 0.1) is 16.7 Å². The number of urea groups is 1. The summed E-state index contributed by atoms with van der Waals surface area (Å²) in [5, 5.41) is 11.4. The van der Waals surface area contributed by atoms with Gasteiger partial charge in [0.15, 0.2) is 0 Å². The number of carbonyl (C=O) groups excluding carboxylic acids is 2. The van der Waals surface area contributed by atoms with E-state index in [2.05, 4.69) is 5.32 Å². The molecule has 3 amide bonds. The van der Waals surface area contributed by atoms with Gasteiger partial charge in [0, 0.05) is 13.1 Å². The van der Waals surface area contributed by atoms with Gasteiger partial charge in [-0.05, 0) is 26.7 Å². The van der Waals surface area contributed by atoms with Crippen LogP contribution in [0.15, 0.2) is 0 Å². The third-order valence-electron chi connectivity index (χ3n) is 3.13. The van der Waals surface area contributed by atoms with E-state index >= 15 is 0 Å². The Hall–Kier alpha value is -1.57. The molecule has 5 nitrogen and oxygen atoms in total. The Morgan fingerprint density at radius 3 is 1.94 bits per heavy atom. The molecule has 0 rings (SSSR count). The Morgan fingerprint density at radius 1 is 1.18 bits per heavy atom. The molecule has 96 valence electrons. The molecule has 0 atom stereocenters.